The lowest BCUT2D eigenvalue weighted by Crippen LogP contribution is -2.02. The number of aromatic nitrogens is 2. The van der Waals surface area contributed by atoms with Crippen molar-refractivity contribution in [2.24, 2.45) is 0 Å². The summed E-state index contributed by atoms with van der Waals surface area (Å²) in [6.07, 6.45) is 3.28. The molecular formula is C55H36N2O2. The second-order valence-electron chi connectivity index (χ2n) is 16.1. The number of fused-ring (bicyclic) bond motifs is 12. The van der Waals surface area contributed by atoms with Gasteiger partial charge in [0, 0.05) is 60.6 Å². The summed E-state index contributed by atoms with van der Waals surface area (Å²) in [6, 6.07) is 63.5. The minimum absolute atomic E-state index is 0.245. The first-order valence-electron chi connectivity index (χ1n) is 20.5. The molecule has 0 N–H and O–H groups in total. The van der Waals surface area contributed by atoms with Gasteiger partial charge in [0.1, 0.15) is 22.5 Å². The zero-order valence-electron chi connectivity index (χ0n) is 32.3. The van der Waals surface area contributed by atoms with Crippen molar-refractivity contribution in [2.75, 3.05) is 0 Å². The largest absolute Gasteiger partial charge is 0.460 e. The number of furan rings is 2. The van der Waals surface area contributed by atoms with Gasteiger partial charge in [-0.15, -0.1) is 0 Å². The molecule has 4 heterocycles. The summed E-state index contributed by atoms with van der Waals surface area (Å²) >= 11 is 0. The molecule has 0 fully saturated rings. The van der Waals surface area contributed by atoms with Crippen LogP contribution in [0, 0.1) is 0 Å². The minimum atomic E-state index is 0.245. The third-order valence-corrected chi connectivity index (χ3v) is 12.7. The molecule has 278 valence electrons. The Morgan fingerprint density at radius 2 is 0.881 bits per heavy atom. The Labute approximate surface area is 339 Å². The molecule has 0 saturated heterocycles. The smallest absolute Gasteiger partial charge is 0.135 e. The van der Waals surface area contributed by atoms with Gasteiger partial charge in [-0.05, 0) is 114 Å². The molecule has 4 heteroatoms. The minimum Gasteiger partial charge on any atom is -0.460 e. The van der Waals surface area contributed by atoms with Crippen LogP contribution in [0.15, 0.2) is 185 Å². The van der Waals surface area contributed by atoms with Crippen LogP contribution in [0.2, 0.25) is 0 Å². The van der Waals surface area contributed by atoms with E-state index in [1.807, 2.05) is 0 Å². The van der Waals surface area contributed by atoms with E-state index in [2.05, 4.69) is 198 Å². The SMILES string of the molecule is CC1CC(c2cccc(-c3ccc4oc5ccc(-n6c7ccccc7c7ccccc76)cc5c4c3)c2)=Cc2c1oc1ccc(-n3c4ccccc4c4ccccc43)cc21. The third kappa shape index (κ3) is 4.77. The molecule has 1 unspecified atom stereocenters. The molecule has 1 aliphatic rings. The normalized spacial score (nSPS) is 14.4. The number of hydrogen-bond acceptors (Lipinski definition) is 2. The van der Waals surface area contributed by atoms with Crippen molar-refractivity contribution in [3.63, 3.8) is 0 Å². The van der Waals surface area contributed by atoms with Crippen molar-refractivity contribution in [2.45, 2.75) is 19.3 Å². The molecule has 12 aromatic rings. The molecule has 0 amide bonds. The molecule has 0 saturated carbocycles. The van der Waals surface area contributed by atoms with Gasteiger partial charge in [0.15, 0.2) is 0 Å². The first-order valence-corrected chi connectivity index (χ1v) is 20.5. The quantitative estimate of drug-likeness (QED) is 0.179. The van der Waals surface area contributed by atoms with Gasteiger partial charge in [0.2, 0.25) is 0 Å². The molecule has 1 atom stereocenters. The maximum Gasteiger partial charge on any atom is 0.135 e. The Bertz CT molecular complexity index is 3630. The molecule has 0 spiro atoms. The van der Waals surface area contributed by atoms with Crippen LogP contribution in [0.4, 0.5) is 0 Å². The van der Waals surface area contributed by atoms with E-state index in [1.54, 1.807) is 0 Å². The van der Waals surface area contributed by atoms with E-state index < -0.39 is 0 Å². The second-order valence-corrected chi connectivity index (χ2v) is 16.1. The van der Waals surface area contributed by atoms with Crippen LogP contribution in [0.1, 0.15) is 36.1 Å². The molecule has 59 heavy (non-hydrogen) atoms. The lowest BCUT2D eigenvalue weighted by atomic mass is 9.84. The van der Waals surface area contributed by atoms with Crippen molar-refractivity contribution in [3.8, 4) is 22.5 Å². The van der Waals surface area contributed by atoms with E-state index in [1.165, 1.54) is 71.4 Å². The summed E-state index contributed by atoms with van der Waals surface area (Å²) in [4.78, 5) is 0. The van der Waals surface area contributed by atoms with E-state index in [0.717, 1.165) is 56.5 Å². The number of benzene rings is 8. The van der Waals surface area contributed by atoms with E-state index >= 15 is 0 Å². The number of nitrogens with zero attached hydrogens (tertiary/aromatic N) is 2. The molecule has 0 radical (unpaired) electrons. The van der Waals surface area contributed by atoms with Crippen molar-refractivity contribution in [1.29, 1.82) is 0 Å². The molecule has 4 aromatic heterocycles. The first kappa shape index (κ1) is 32.5. The lowest BCUT2D eigenvalue weighted by molar-refractivity contribution is 0.506. The molecule has 8 aromatic carbocycles. The molecule has 13 rings (SSSR count). The number of rotatable bonds is 4. The van der Waals surface area contributed by atoms with E-state index in [9.17, 15) is 0 Å². The third-order valence-electron chi connectivity index (χ3n) is 12.7. The Kier molecular flexibility index (Phi) is 6.74. The number of allylic oxidation sites excluding steroid dienone is 1. The predicted octanol–water partition coefficient (Wildman–Crippen LogP) is 15.2. The average molecular weight is 757 g/mol. The van der Waals surface area contributed by atoms with Crippen LogP contribution in [0.25, 0.3) is 111 Å². The van der Waals surface area contributed by atoms with Crippen LogP contribution in [-0.2, 0) is 0 Å². The van der Waals surface area contributed by atoms with E-state index in [4.69, 9.17) is 8.83 Å². The van der Waals surface area contributed by atoms with Gasteiger partial charge in [-0.2, -0.15) is 0 Å². The monoisotopic (exact) mass is 756 g/mol. The van der Waals surface area contributed by atoms with Crippen molar-refractivity contribution in [1.82, 2.24) is 9.13 Å². The molecule has 4 nitrogen and oxygen atoms in total. The summed E-state index contributed by atoms with van der Waals surface area (Å²) in [5, 5.41) is 8.41. The van der Waals surface area contributed by atoms with Crippen molar-refractivity contribution in [3.05, 3.63) is 193 Å². The lowest BCUT2D eigenvalue weighted by Gasteiger charge is -2.19. The first-order chi connectivity index (χ1) is 29.1. The van der Waals surface area contributed by atoms with Gasteiger partial charge >= 0.3 is 0 Å². The summed E-state index contributed by atoms with van der Waals surface area (Å²) < 4.78 is 17.8. The highest BCUT2D eigenvalue weighted by Crippen LogP contribution is 2.45. The maximum absolute atomic E-state index is 6.61. The predicted molar refractivity (Wildman–Crippen MR) is 245 cm³/mol. The average Bonchev–Trinajstić information content (AvgIpc) is 4.04. The van der Waals surface area contributed by atoms with Crippen LogP contribution in [-0.4, -0.2) is 9.13 Å². The van der Waals surface area contributed by atoms with Crippen LogP contribution >= 0.6 is 0 Å². The van der Waals surface area contributed by atoms with E-state index in [-0.39, 0.29) is 5.92 Å². The highest BCUT2D eigenvalue weighted by molar-refractivity contribution is 6.12. The fraction of sp³-hybridized carbons (Fsp3) is 0.0545. The zero-order valence-corrected chi connectivity index (χ0v) is 32.3. The fourth-order valence-electron chi connectivity index (χ4n) is 10.0. The Balaban J connectivity index is 0.905. The summed E-state index contributed by atoms with van der Waals surface area (Å²) in [7, 11) is 0. The van der Waals surface area contributed by atoms with Gasteiger partial charge < -0.3 is 18.0 Å². The number of para-hydroxylation sites is 4. The van der Waals surface area contributed by atoms with Crippen LogP contribution in [0.5, 0.6) is 0 Å². The van der Waals surface area contributed by atoms with Gasteiger partial charge in [-0.25, -0.2) is 0 Å². The van der Waals surface area contributed by atoms with Gasteiger partial charge in [0.05, 0.1) is 22.1 Å². The Hall–Kier alpha value is -7.56. The summed E-state index contributed by atoms with van der Waals surface area (Å²) in [6.45, 7) is 2.29. The molecule has 0 aliphatic heterocycles. The van der Waals surface area contributed by atoms with Gasteiger partial charge in [0.25, 0.3) is 0 Å². The Morgan fingerprint density at radius 1 is 0.407 bits per heavy atom. The van der Waals surface area contributed by atoms with Crippen LogP contribution in [0.3, 0.4) is 0 Å². The zero-order chi connectivity index (χ0) is 38.8. The molecule has 1 aliphatic carbocycles. The standard InChI is InChI=1S/C55H36N2O2/c1-33-27-37(30-47-46-32-39(23-26-54(46)59-55(33)47)57-50-19-8-4-15-42(50)43-16-5-9-20-51(43)57)35-12-10-11-34(28-35)36-21-24-52-44(29-36)45-31-38(22-25-53(45)58-52)56-48-17-6-2-13-40(48)41-14-3-7-18-49(41)56/h2-26,28-33H,27H2,1H3. The van der Waals surface area contributed by atoms with Crippen molar-refractivity contribution < 1.29 is 8.83 Å². The molecular weight excluding hydrogens is 721 g/mol. The fourth-order valence-corrected chi connectivity index (χ4v) is 10.0. The second kappa shape index (κ2) is 12.2. The van der Waals surface area contributed by atoms with E-state index in [0.29, 0.717) is 0 Å². The highest BCUT2D eigenvalue weighted by atomic mass is 16.3. The summed E-state index contributed by atoms with van der Waals surface area (Å²) in [5.41, 5.74) is 15.9. The van der Waals surface area contributed by atoms with Crippen molar-refractivity contribution >= 4 is 88.2 Å². The number of hydrogen-bond donors (Lipinski definition) is 0. The highest BCUT2D eigenvalue weighted by Gasteiger charge is 2.26. The Morgan fingerprint density at radius 3 is 1.47 bits per heavy atom. The van der Waals surface area contributed by atoms with Gasteiger partial charge in [-0.3, -0.25) is 0 Å². The summed E-state index contributed by atoms with van der Waals surface area (Å²) in [5.74, 6) is 1.31. The maximum atomic E-state index is 6.61. The van der Waals surface area contributed by atoms with Crippen LogP contribution < -0.4 is 0 Å². The van der Waals surface area contributed by atoms with Gasteiger partial charge in [-0.1, -0.05) is 104 Å². The topological polar surface area (TPSA) is 36.1 Å². The molecule has 0 bridgehead atoms.